The van der Waals surface area contributed by atoms with E-state index in [-0.39, 0.29) is 5.41 Å². The van der Waals surface area contributed by atoms with E-state index in [9.17, 15) is 0 Å². The maximum absolute atomic E-state index is 9.06. The largest absolute Gasteiger partial charge is 0.370 e. The lowest BCUT2D eigenvalue weighted by Crippen LogP contribution is -2.33. The number of nitrogens with zero attached hydrogens (tertiary/aromatic N) is 2. The third-order valence-electron chi connectivity index (χ3n) is 2.64. The van der Waals surface area contributed by atoms with E-state index in [1.54, 1.807) is 0 Å². The van der Waals surface area contributed by atoms with Gasteiger partial charge in [-0.05, 0) is 45.4 Å². The lowest BCUT2D eigenvalue weighted by atomic mass is 9.95. The van der Waals surface area contributed by atoms with Crippen molar-refractivity contribution in [1.82, 2.24) is 0 Å². The number of hydrogen-bond donors (Lipinski definition) is 0. The zero-order chi connectivity index (χ0) is 12.2. The average Bonchev–Trinajstić information content (AvgIpc) is 2.26. The Morgan fingerprint density at radius 3 is 2.56 bits per heavy atom. The standard InChI is InChI=1S/C14H20N2/c1-5-16(11-14(3,4)10-15)13-8-6-7-12(2)9-13/h6-9H,5,11H2,1-4H3. The summed E-state index contributed by atoms with van der Waals surface area (Å²) in [6.07, 6.45) is 0. The Morgan fingerprint density at radius 1 is 1.38 bits per heavy atom. The first kappa shape index (κ1) is 12.6. The molecule has 0 N–H and O–H groups in total. The third-order valence-corrected chi connectivity index (χ3v) is 2.64. The quantitative estimate of drug-likeness (QED) is 0.771. The van der Waals surface area contributed by atoms with Crippen molar-refractivity contribution in [2.24, 2.45) is 5.41 Å². The highest BCUT2D eigenvalue weighted by Crippen LogP contribution is 2.22. The fraction of sp³-hybridized carbons (Fsp3) is 0.500. The zero-order valence-corrected chi connectivity index (χ0v) is 10.6. The summed E-state index contributed by atoms with van der Waals surface area (Å²) >= 11 is 0. The van der Waals surface area contributed by atoms with Crippen LogP contribution in [0.3, 0.4) is 0 Å². The van der Waals surface area contributed by atoms with Crippen molar-refractivity contribution >= 4 is 5.69 Å². The minimum atomic E-state index is -0.306. The van der Waals surface area contributed by atoms with Crippen LogP contribution in [0, 0.1) is 23.7 Å². The van der Waals surface area contributed by atoms with Crippen LogP contribution in [0.1, 0.15) is 26.3 Å². The summed E-state index contributed by atoms with van der Waals surface area (Å²) in [5, 5.41) is 9.06. The van der Waals surface area contributed by atoms with E-state index in [0.29, 0.717) is 0 Å². The summed E-state index contributed by atoms with van der Waals surface area (Å²) in [6, 6.07) is 10.8. The normalized spacial score (nSPS) is 10.9. The molecule has 0 radical (unpaired) electrons. The average molecular weight is 216 g/mol. The molecule has 0 unspecified atom stereocenters. The Kier molecular flexibility index (Phi) is 3.95. The predicted molar refractivity (Wildman–Crippen MR) is 68.5 cm³/mol. The summed E-state index contributed by atoms with van der Waals surface area (Å²) in [7, 11) is 0. The second kappa shape index (κ2) is 5.03. The van der Waals surface area contributed by atoms with Gasteiger partial charge in [0.1, 0.15) is 0 Å². The van der Waals surface area contributed by atoms with E-state index in [4.69, 9.17) is 5.26 Å². The summed E-state index contributed by atoms with van der Waals surface area (Å²) in [5.41, 5.74) is 2.15. The lowest BCUT2D eigenvalue weighted by molar-refractivity contribution is 0.488. The molecule has 0 saturated carbocycles. The zero-order valence-electron chi connectivity index (χ0n) is 10.6. The van der Waals surface area contributed by atoms with Gasteiger partial charge in [0.15, 0.2) is 0 Å². The number of rotatable bonds is 4. The Hall–Kier alpha value is -1.49. The summed E-state index contributed by atoms with van der Waals surface area (Å²) in [6.45, 7) is 9.86. The molecule has 0 bridgehead atoms. The number of hydrogen-bond acceptors (Lipinski definition) is 2. The molecule has 0 fully saturated rings. The highest BCUT2D eigenvalue weighted by Gasteiger charge is 2.20. The van der Waals surface area contributed by atoms with Crippen LogP contribution >= 0.6 is 0 Å². The van der Waals surface area contributed by atoms with Crippen LogP contribution in [-0.2, 0) is 0 Å². The molecule has 16 heavy (non-hydrogen) atoms. The Labute approximate surface area is 98.5 Å². The van der Waals surface area contributed by atoms with Gasteiger partial charge >= 0.3 is 0 Å². The monoisotopic (exact) mass is 216 g/mol. The van der Waals surface area contributed by atoms with E-state index in [1.807, 2.05) is 13.8 Å². The van der Waals surface area contributed by atoms with Gasteiger partial charge in [0.25, 0.3) is 0 Å². The molecule has 2 nitrogen and oxygen atoms in total. The van der Waals surface area contributed by atoms with Gasteiger partial charge in [0, 0.05) is 18.8 Å². The minimum absolute atomic E-state index is 0.306. The van der Waals surface area contributed by atoms with Crippen LogP contribution < -0.4 is 4.90 Å². The topological polar surface area (TPSA) is 27.0 Å². The van der Waals surface area contributed by atoms with Crippen molar-refractivity contribution in [3.8, 4) is 6.07 Å². The Bertz CT molecular complexity index is 388. The maximum atomic E-state index is 9.06. The maximum Gasteiger partial charge on any atom is 0.0702 e. The number of aryl methyl sites for hydroxylation is 1. The molecule has 1 rings (SSSR count). The van der Waals surface area contributed by atoms with Crippen LogP contribution in [0.4, 0.5) is 5.69 Å². The molecular formula is C14H20N2. The predicted octanol–water partition coefficient (Wildman–Crippen LogP) is 3.37. The molecule has 0 aliphatic rings. The summed E-state index contributed by atoms with van der Waals surface area (Å²) in [4.78, 5) is 2.25. The number of anilines is 1. The molecule has 0 spiro atoms. The number of nitriles is 1. The van der Waals surface area contributed by atoms with Gasteiger partial charge < -0.3 is 4.90 Å². The Balaban J connectivity index is 2.88. The molecular weight excluding hydrogens is 196 g/mol. The van der Waals surface area contributed by atoms with Crippen molar-refractivity contribution in [3.05, 3.63) is 29.8 Å². The van der Waals surface area contributed by atoms with Gasteiger partial charge in [-0.2, -0.15) is 5.26 Å². The highest BCUT2D eigenvalue weighted by atomic mass is 15.1. The molecule has 1 aromatic rings. The molecule has 0 amide bonds. The van der Waals surface area contributed by atoms with Crippen LogP contribution in [0.25, 0.3) is 0 Å². The second-order valence-electron chi connectivity index (χ2n) is 4.85. The van der Waals surface area contributed by atoms with Crippen LogP contribution in [0.2, 0.25) is 0 Å². The molecule has 0 aliphatic carbocycles. The first-order valence-corrected chi connectivity index (χ1v) is 5.71. The smallest absolute Gasteiger partial charge is 0.0702 e. The summed E-state index contributed by atoms with van der Waals surface area (Å²) < 4.78 is 0. The molecule has 2 heteroatoms. The first-order chi connectivity index (χ1) is 7.48. The number of benzene rings is 1. The molecule has 86 valence electrons. The fourth-order valence-electron chi connectivity index (χ4n) is 1.72. The van der Waals surface area contributed by atoms with Gasteiger partial charge in [-0.25, -0.2) is 0 Å². The fourth-order valence-corrected chi connectivity index (χ4v) is 1.72. The van der Waals surface area contributed by atoms with E-state index in [2.05, 4.69) is 49.1 Å². The van der Waals surface area contributed by atoms with Crippen molar-refractivity contribution in [3.63, 3.8) is 0 Å². The molecule has 0 atom stereocenters. The summed E-state index contributed by atoms with van der Waals surface area (Å²) in [5.74, 6) is 0. The molecule has 0 aliphatic heterocycles. The van der Waals surface area contributed by atoms with Crippen molar-refractivity contribution < 1.29 is 0 Å². The van der Waals surface area contributed by atoms with E-state index >= 15 is 0 Å². The van der Waals surface area contributed by atoms with E-state index < -0.39 is 0 Å². The van der Waals surface area contributed by atoms with Gasteiger partial charge in [-0.15, -0.1) is 0 Å². The molecule has 0 aromatic heterocycles. The SMILES string of the molecule is CCN(CC(C)(C)C#N)c1cccc(C)c1. The van der Waals surface area contributed by atoms with E-state index in [0.717, 1.165) is 13.1 Å². The highest BCUT2D eigenvalue weighted by molar-refractivity contribution is 5.48. The molecule has 0 saturated heterocycles. The van der Waals surface area contributed by atoms with Gasteiger partial charge in [0.2, 0.25) is 0 Å². The van der Waals surface area contributed by atoms with Crippen molar-refractivity contribution in [2.75, 3.05) is 18.0 Å². The third kappa shape index (κ3) is 3.27. The molecule has 1 aromatic carbocycles. The van der Waals surface area contributed by atoms with E-state index in [1.165, 1.54) is 11.3 Å². The van der Waals surface area contributed by atoms with Crippen LogP contribution in [0.5, 0.6) is 0 Å². The lowest BCUT2D eigenvalue weighted by Gasteiger charge is -2.29. The minimum Gasteiger partial charge on any atom is -0.370 e. The second-order valence-corrected chi connectivity index (χ2v) is 4.85. The Morgan fingerprint density at radius 2 is 2.06 bits per heavy atom. The van der Waals surface area contributed by atoms with Crippen LogP contribution in [-0.4, -0.2) is 13.1 Å². The first-order valence-electron chi connectivity index (χ1n) is 5.71. The van der Waals surface area contributed by atoms with Gasteiger partial charge in [-0.1, -0.05) is 12.1 Å². The van der Waals surface area contributed by atoms with Crippen LogP contribution in [0.15, 0.2) is 24.3 Å². The molecule has 0 heterocycles. The van der Waals surface area contributed by atoms with Gasteiger partial charge in [0.05, 0.1) is 11.5 Å². The van der Waals surface area contributed by atoms with Gasteiger partial charge in [-0.3, -0.25) is 0 Å². The van der Waals surface area contributed by atoms with Crippen molar-refractivity contribution in [2.45, 2.75) is 27.7 Å². The van der Waals surface area contributed by atoms with Crippen molar-refractivity contribution in [1.29, 1.82) is 5.26 Å².